The molecule has 0 aliphatic carbocycles. The molecule has 1 saturated heterocycles. The van der Waals surface area contributed by atoms with Gasteiger partial charge in [0.05, 0.1) is 5.71 Å². The topological polar surface area (TPSA) is 53.9 Å². The number of amides is 1. The Kier molecular flexibility index (Phi) is 6.23. The fraction of sp³-hybridized carbons (Fsp3) is 0.579. The summed E-state index contributed by atoms with van der Waals surface area (Å²) >= 11 is 0. The molecule has 5 heteroatoms. The normalized spacial score (nSPS) is 16.5. The van der Waals surface area contributed by atoms with Crippen LogP contribution in [0.4, 0.5) is 10.5 Å². The summed E-state index contributed by atoms with van der Waals surface area (Å²) in [4.78, 5) is 14.1. The first kappa shape index (κ1) is 18.3. The first-order valence-corrected chi connectivity index (χ1v) is 8.74. The van der Waals surface area contributed by atoms with E-state index in [9.17, 15) is 4.79 Å². The molecule has 0 radical (unpaired) electrons. The van der Waals surface area contributed by atoms with Gasteiger partial charge in [-0.25, -0.2) is 10.2 Å². The maximum absolute atomic E-state index is 11.6. The van der Waals surface area contributed by atoms with E-state index in [2.05, 4.69) is 39.7 Å². The smallest absolute Gasteiger partial charge is 0.428 e. The molecular weight excluding hydrogens is 302 g/mol. The van der Waals surface area contributed by atoms with E-state index >= 15 is 0 Å². The molecule has 0 spiro atoms. The predicted octanol–water partition coefficient (Wildman–Crippen LogP) is 4.32. The fourth-order valence-electron chi connectivity index (χ4n) is 2.74. The van der Waals surface area contributed by atoms with Gasteiger partial charge in [-0.2, -0.15) is 5.10 Å². The summed E-state index contributed by atoms with van der Waals surface area (Å²) < 4.78 is 5.17. The van der Waals surface area contributed by atoms with E-state index in [1.807, 2.05) is 27.7 Å². The monoisotopic (exact) mass is 331 g/mol. The van der Waals surface area contributed by atoms with Crippen molar-refractivity contribution in [3.8, 4) is 0 Å². The summed E-state index contributed by atoms with van der Waals surface area (Å²) in [7, 11) is 0. The number of hydrogen-bond donors (Lipinski definition) is 1. The van der Waals surface area contributed by atoms with Gasteiger partial charge in [0.1, 0.15) is 5.60 Å². The highest BCUT2D eigenvalue weighted by molar-refractivity contribution is 5.99. The molecule has 0 atom stereocenters. The van der Waals surface area contributed by atoms with Crippen molar-refractivity contribution >= 4 is 17.5 Å². The maximum atomic E-state index is 11.6. The predicted molar refractivity (Wildman–Crippen MR) is 98.7 cm³/mol. The van der Waals surface area contributed by atoms with Crippen LogP contribution >= 0.6 is 0 Å². The van der Waals surface area contributed by atoms with E-state index in [0.29, 0.717) is 0 Å². The van der Waals surface area contributed by atoms with Crippen LogP contribution in [0.15, 0.2) is 29.4 Å². The Morgan fingerprint density at radius 2 is 1.67 bits per heavy atom. The van der Waals surface area contributed by atoms with Crippen LogP contribution in [0, 0.1) is 0 Å². The number of carbonyl (C=O) groups excluding carboxylic acids is 1. The Balaban J connectivity index is 1.96. The molecule has 1 N–H and O–H groups in total. The van der Waals surface area contributed by atoms with Gasteiger partial charge in [0, 0.05) is 18.8 Å². The first-order chi connectivity index (χ1) is 11.3. The highest BCUT2D eigenvalue weighted by Crippen LogP contribution is 2.20. The highest BCUT2D eigenvalue weighted by Gasteiger charge is 2.15. The zero-order chi connectivity index (χ0) is 17.6. The number of hydrazone groups is 1. The van der Waals surface area contributed by atoms with Crippen LogP contribution in [0.3, 0.4) is 0 Å². The van der Waals surface area contributed by atoms with E-state index in [4.69, 9.17) is 4.74 Å². The summed E-state index contributed by atoms with van der Waals surface area (Å²) in [5, 5.41) is 4.11. The molecule has 1 amide bonds. The number of ether oxygens (including phenoxy) is 1. The number of nitrogens with zero attached hydrogens (tertiary/aromatic N) is 2. The average molecular weight is 331 g/mol. The van der Waals surface area contributed by atoms with E-state index in [1.165, 1.54) is 31.4 Å². The highest BCUT2D eigenvalue weighted by atomic mass is 16.6. The van der Waals surface area contributed by atoms with Crippen LogP contribution in [0.1, 0.15) is 58.9 Å². The molecule has 1 fully saturated rings. The number of hydrogen-bond acceptors (Lipinski definition) is 4. The van der Waals surface area contributed by atoms with Gasteiger partial charge < -0.3 is 9.64 Å². The molecule has 132 valence electrons. The van der Waals surface area contributed by atoms with Crippen LogP contribution in [-0.2, 0) is 4.74 Å². The second-order valence-electron chi connectivity index (χ2n) is 7.26. The molecule has 1 aliphatic heterocycles. The Morgan fingerprint density at radius 1 is 1.08 bits per heavy atom. The lowest BCUT2D eigenvalue weighted by Gasteiger charge is -2.22. The van der Waals surface area contributed by atoms with Crippen molar-refractivity contribution in [3.63, 3.8) is 0 Å². The number of nitrogens with one attached hydrogen (secondary N) is 1. The third-order valence-corrected chi connectivity index (χ3v) is 3.97. The average Bonchev–Trinajstić information content (AvgIpc) is 2.80. The first-order valence-electron chi connectivity index (χ1n) is 8.74. The molecule has 0 aromatic heterocycles. The second-order valence-corrected chi connectivity index (χ2v) is 7.26. The second kappa shape index (κ2) is 8.18. The van der Waals surface area contributed by atoms with Crippen molar-refractivity contribution in [2.24, 2.45) is 5.10 Å². The molecule has 1 aromatic carbocycles. The van der Waals surface area contributed by atoms with Gasteiger partial charge in [-0.05, 0) is 58.2 Å². The summed E-state index contributed by atoms with van der Waals surface area (Å²) in [6, 6.07) is 8.37. The maximum Gasteiger partial charge on any atom is 0.428 e. The van der Waals surface area contributed by atoms with Gasteiger partial charge in [-0.1, -0.05) is 25.0 Å². The Labute approximate surface area is 145 Å². The third-order valence-electron chi connectivity index (χ3n) is 3.97. The minimum Gasteiger partial charge on any atom is -0.443 e. The molecule has 1 aromatic rings. The third kappa shape index (κ3) is 5.87. The summed E-state index contributed by atoms with van der Waals surface area (Å²) in [6.07, 6.45) is 4.65. The molecule has 1 heterocycles. The lowest BCUT2D eigenvalue weighted by Crippen LogP contribution is -2.30. The van der Waals surface area contributed by atoms with Crippen LogP contribution in [0.2, 0.25) is 0 Å². The zero-order valence-corrected chi connectivity index (χ0v) is 15.3. The van der Waals surface area contributed by atoms with Crippen molar-refractivity contribution in [2.75, 3.05) is 18.0 Å². The van der Waals surface area contributed by atoms with Crippen LogP contribution in [-0.4, -0.2) is 30.5 Å². The van der Waals surface area contributed by atoms with Crippen molar-refractivity contribution < 1.29 is 9.53 Å². The van der Waals surface area contributed by atoms with E-state index < -0.39 is 11.7 Å². The van der Waals surface area contributed by atoms with Crippen molar-refractivity contribution in [2.45, 2.75) is 59.0 Å². The van der Waals surface area contributed by atoms with Crippen molar-refractivity contribution in [3.05, 3.63) is 29.8 Å². The van der Waals surface area contributed by atoms with Crippen molar-refractivity contribution in [1.29, 1.82) is 0 Å². The van der Waals surface area contributed by atoms with Crippen LogP contribution in [0.5, 0.6) is 0 Å². The molecule has 2 rings (SSSR count). The van der Waals surface area contributed by atoms with Gasteiger partial charge in [-0.15, -0.1) is 0 Å². The molecule has 0 unspecified atom stereocenters. The molecule has 0 saturated carbocycles. The van der Waals surface area contributed by atoms with E-state index in [-0.39, 0.29) is 0 Å². The minimum absolute atomic E-state index is 0.525. The van der Waals surface area contributed by atoms with Gasteiger partial charge in [0.25, 0.3) is 0 Å². The Hall–Kier alpha value is -2.04. The lowest BCUT2D eigenvalue weighted by atomic mass is 10.1. The van der Waals surface area contributed by atoms with E-state index in [0.717, 1.165) is 24.4 Å². The molecule has 24 heavy (non-hydrogen) atoms. The largest absolute Gasteiger partial charge is 0.443 e. The number of anilines is 1. The van der Waals surface area contributed by atoms with Crippen molar-refractivity contribution in [1.82, 2.24) is 5.43 Å². The SMILES string of the molecule is C/C(=N/NC(=O)OC(C)(C)C)c1ccc(N2CCCCCC2)cc1. The number of benzene rings is 1. The molecule has 5 nitrogen and oxygen atoms in total. The summed E-state index contributed by atoms with van der Waals surface area (Å²) in [6.45, 7) is 9.61. The molecular formula is C19H29N3O2. The molecule has 1 aliphatic rings. The van der Waals surface area contributed by atoms with Gasteiger partial charge in [0.2, 0.25) is 0 Å². The molecule has 0 bridgehead atoms. The van der Waals surface area contributed by atoms with Crippen LogP contribution in [0.25, 0.3) is 0 Å². The quantitative estimate of drug-likeness (QED) is 0.663. The number of rotatable bonds is 3. The summed E-state index contributed by atoms with van der Waals surface area (Å²) in [5.41, 5.74) is 4.92. The Bertz CT molecular complexity index is 565. The van der Waals surface area contributed by atoms with E-state index in [1.54, 1.807) is 0 Å². The summed E-state index contributed by atoms with van der Waals surface area (Å²) in [5.74, 6) is 0. The zero-order valence-electron chi connectivity index (χ0n) is 15.3. The standard InChI is InChI=1S/C19H29N3O2/c1-15(20-21-18(23)24-19(2,3)4)16-9-11-17(12-10-16)22-13-7-5-6-8-14-22/h9-12H,5-8,13-14H2,1-4H3,(H,21,23)/b20-15-. The fourth-order valence-corrected chi connectivity index (χ4v) is 2.74. The van der Waals surface area contributed by atoms with Gasteiger partial charge in [-0.3, -0.25) is 0 Å². The van der Waals surface area contributed by atoms with Gasteiger partial charge in [0.15, 0.2) is 0 Å². The number of carbonyl (C=O) groups is 1. The van der Waals surface area contributed by atoms with Crippen LogP contribution < -0.4 is 10.3 Å². The lowest BCUT2D eigenvalue weighted by molar-refractivity contribution is 0.0529. The Morgan fingerprint density at radius 3 is 2.21 bits per heavy atom. The van der Waals surface area contributed by atoms with Gasteiger partial charge >= 0.3 is 6.09 Å². The minimum atomic E-state index is -0.539.